The summed E-state index contributed by atoms with van der Waals surface area (Å²) in [5.74, 6) is -2.81. The number of aryl methyl sites for hydroxylation is 2. The maximum absolute atomic E-state index is 13.9. The van der Waals surface area contributed by atoms with Gasteiger partial charge in [0.2, 0.25) is 0 Å². The number of fused-ring (bicyclic) bond motifs is 1. The number of hydrogen-bond acceptors (Lipinski definition) is 7. The second-order valence-corrected chi connectivity index (χ2v) is 8.83. The summed E-state index contributed by atoms with van der Waals surface area (Å²) in [6, 6.07) is 7.61. The number of nitrogens with zero attached hydrogens (tertiary/aromatic N) is 4. The second-order valence-electron chi connectivity index (χ2n) is 8.83. The summed E-state index contributed by atoms with van der Waals surface area (Å²) in [7, 11) is 0. The number of β-amino-alcohol motifs (C(OH)–C–C–N with tert-alkyl or cyclic N) is 1. The number of anilines is 2. The minimum absolute atomic E-state index is 0.240. The predicted molar refractivity (Wildman–Crippen MR) is 119 cm³/mol. The van der Waals surface area contributed by atoms with Gasteiger partial charge in [0, 0.05) is 24.0 Å². The smallest absolute Gasteiger partial charge is 0.295 e. The van der Waals surface area contributed by atoms with E-state index in [1.165, 1.54) is 12.1 Å². The molecule has 1 fully saturated rings. The zero-order chi connectivity index (χ0) is 23.3. The molecule has 2 aromatic heterocycles. The van der Waals surface area contributed by atoms with Crippen LogP contribution in [0.15, 0.2) is 30.3 Å². The van der Waals surface area contributed by atoms with Crippen LogP contribution in [0.2, 0.25) is 0 Å². The first-order chi connectivity index (χ1) is 15.0. The molecule has 7 nitrogen and oxygen atoms in total. The molecule has 1 aromatic carbocycles. The molecule has 170 valence electrons. The highest BCUT2D eigenvalue weighted by atomic mass is 19.3. The summed E-state index contributed by atoms with van der Waals surface area (Å²) in [6.07, 6.45) is 0. The lowest BCUT2D eigenvalue weighted by Crippen LogP contribution is -2.60. The molecule has 3 N–H and O–H groups in total. The summed E-state index contributed by atoms with van der Waals surface area (Å²) in [6.45, 7) is 7.19. The van der Waals surface area contributed by atoms with Crippen LogP contribution in [0.3, 0.4) is 0 Å². The summed E-state index contributed by atoms with van der Waals surface area (Å²) < 4.78 is 27.9. The van der Waals surface area contributed by atoms with E-state index < -0.39 is 18.1 Å². The third kappa shape index (κ3) is 4.10. The number of aliphatic hydroxyl groups excluding tert-OH is 1. The van der Waals surface area contributed by atoms with Crippen LogP contribution < -0.4 is 10.2 Å². The van der Waals surface area contributed by atoms with E-state index in [9.17, 15) is 13.9 Å². The van der Waals surface area contributed by atoms with E-state index >= 15 is 0 Å². The zero-order valence-corrected chi connectivity index (χ0v) is 18.5. The SMILES string of the molecule is Cc1nc2c(C)nnc(N[C@H](C)c3cccc(C(F)(F)CO)c3)c2cc1N1CC(C)(O)C1. The van der Waals surface area contributed by atoms with E-state index in [-0.39, 0.29) is 11.6 Å². The lowest BCUT2D eigenvalue weighted by molar-refractivity contribution is -0.0556. The average Bonchev–Trinajstić information content (AvgIpc) is 2.74. The molecule has 1 atom stereocenters. The number of pyridine rings is 1. The van der Waals surface area contributed by atoms with Gasteiger partial charge in [0.25, 0.3) is 5.92 Å². The van der Waals surface area contributed by atoms with Crippen molar-refractivity contribution < 1.29 is 19.0 Å². The van der Waals surface area contributed by atoms with Crippen molar-refractivity contribution in [1.82, 2.24) is 15.2 Å². The topological polar surface area (TPSA) is 94.4 Å². The molecule has 3 aromatic rings. The van der Waals surface area contributed by atoms with Gasteiger partial charge in [-0.1, -0.05) is 18.2 Å². The monoisotopic (exact) mass is 443 g/mol. The first-order valence-corrected chi connectivity index (χ1v) is 10.5. The highest BCUT2D eigenvalue weighted by molar-refractivity contribution is 5.93. The van der Waals surface area contributed by atoms with Crippen LogP contribution in [0.4, 0.5) is 20.3 Å². The normalized spacial score (nSPS) is 16.7. The molecule has 0 aliphatic carbocycles. The van der Waals surface area contributed by atoms with Gasteiger partial charge in [0.1, 0.15) is 6.61 Å². The Hall–Kier alpha value is -2.91. The van der Waals surface area contributed by atoms with Crippen LogP contribution >= 0.6 is 0 Å². The predicted octanol–water partition coefficient (Wildman–Crippen LogP) is 3.47. The Morgan fingerprint density at radius 3 is 2.56 bits per heavy atom. The number of halogens is 2. The largest absolute Gasteiger partial charge is 0.390 e. The number of hydrogen-bond donors (Lipinski definition) is 3. The molecule has 1 aliphatic heterocycles. The fourth-order valence-corrected chi connectivity index (χ4v) is 4.07. The van der Waals surface area contributed by atoms with Gasteiger partial charge >= 0.3 is 0 Å². The van der Waals surface area contributed by atoms with Gasteiger partial charge in [0.15, 0.2) is 5.82 Å². The van der Waals surface area contributed by atoms with Crippen LogP contribution in [0.5, 0.6) is 0 Å². The molecular formula is C23H27F2N5O2. The van der Waals surface area contributed by atoms with Crippen LogP contribution in [-0.4, -0.2) is 50.7 Å². The lowest BCUT2D eigenvalue weighted by atomic mass is 9.95. The Bertz CT molecular complexity index is 1160. The Balaban J connectivity index is 1.69. The number of alkyl halides is 2. The van der Waals surface area contributed by atoms with Gasteiger partial charge in [-0.3, -0.25) is 0 Å². The third-order valence-corrected chi connectivity index (χ3v) is 5.85. The molecule has 4 rings (SSSR count). The van der Waals surface area contributed by atoms with Gasteiger partial charge in [-0.25, -0.2) is 4.98 Å². The van der Waals surface area contributed by atoms with Crippen molar-refractivity contribution in [2.45, 2.75) is 45.3 Å². The number of nitrogens with one attached hydrogen (secondary N) is 1. The molecule has 0 bridgehead atoms. The maximum Gasteiger partial charge on any atom is 0.295 e. The Kier molecular flexibility index (Phi) is 5.50. The molecule has 0 saturated carbocycles. The van der Waals surface area contributed by atoms with Gasteiger partial charge in [0.05, 0.1) is 34.2 Å². The first kappa shape index (κ1) is 22.3. The first-order valence-electron chi connectivity index (χ1n) is 10.5. The van der Waals surface area contributed by atoms with E-state index in [0.717, 1.165) is 16.8 Å². The fraction of sp³-hybridized carbons (Fsp3) is 0.435. The van der Waals surface area contributed by atoms with Crippen LogP contribution in [0.25, 0.3) is 10.9 Å². The van der Waals surface area contributed by atoms with E-state index in [4.69, 9.17) is 10.1 Å². The van der Waals surface area contributed by atoms with Gasteiger partial charge in [-0.05, 0) is 45.4 Å². The molecule has 9 heteroatoms. The van der Waals surface area contributed by atoms with Crippen LogP contribution in [0, 0.1) is 13.8 Å². The summed E-state index contributed by atoms with van der Waals surface area (Å²) >= 11 is 0. The van der Waals surface area contributed by atoms with E-state index in [0.29, 0.717) is 35.7 Å². The molecule has 1 aliphatic rings. The Morgan fingerprint density at radius 1 is 1.19 bits per heavy atom. The van der Waals surface area contributed by atoms with Crippen LogP contribution in [0.1, 0.15) is 42.4 Å². The van der Waals surface area contributed by atoms with Crippen molar-refractivity contribution in [2.24, 2.45) is 0 Å². The minimum Gasteiger partial charge on any atom is -0.390 e. The van der Waals surface area contributed by atoms with Crippen molar-refractivity contribution in [3.05, 3.63) is 52.8 Å². The van der Waals surface area contributed by atoms with Gasteiger partial charge < -0.3 is 20.4 Å². The average molecular weight is 443 g/mol. The Labute approximate surface area is 185 Å². The Morgan fingerprint density at radius 2 is 1.91 bits per heavy atom. The van der Waals surface area contributed by atoms with Crippen molar-refractivity contribution in [1.29, 1.82) is 0 Å². The highest BCUT2D eigenvalue weighted by Gasteiger charge is 2.37. The summed E-state index contributed by atoms with van der Waals surface area (Å²) in [5.41, 5.74) is 2.82. The standard InChI is InChI=1S/C23H27F2N5O2/c1-13(16-6-5-7-17(8-16)23(24,25)12-31)27-21-18-9-19(30-10-22(4,32)11-30)14(2)26-20(18)15(3)28-29-21/h5-9,13,31-32H,10-12H2,1-4H3,(H,27,29)/t13-/m1/s1. The maximum atomic E-state index is 13.9. The quantitative estimate of drug-likeness (QED) is 0.537. The molecule has 0 radical (unpaired) electrons. The summed E-state index contributed by atoms with van der Waals surface area (Å²) in [4.78, 5) is 6.79. The number of aliphatic hydroxyl groups is 2. The third-order valence-electron chi connectivity index (χ3n) is 5.85. The van der Waals surface area contributed by atoms with Crippen molar-refractivity contribution in [2.75, 3.05) is 29.9 Å². The molecular weight excluding hydrogens is 416 g/mol. The lowest BCUT2D eigenvalue weighted by Gasteiger charge is -2.46. The van der Waals surface area contributed by atoms with E-state index in [1.54, 1.807) is 19.1 Å². The van der Waals surface area contributed by atoms with Crippen molar-refractivity contribution in [3.63, 3.8) is 0 Å². The van der Waals surface area contributed by atoms with Crippen LogP contribution in [-0.2, 0) is 5.92 Å². The molecule has 1 saturated heterocycles. The van der Waals surface area contributed by atoms with Gasteiger partial charge in [-0.2, -0.15) is 13.9 Å². The van der Waals surface area contributed by atoms with Crippen molar-refractivity contribution in [3.8, 4) is 0 Å². The molecule has 3 heterocycles. The van der Waals surface area contributed by atoms with Crippen molar-refractivity contribution >= 4 is 22.4 Å². The fourth-order valence-electron chi connectivity index (χ4n) is 4.07. The molecule has 0 amide bonds. The van der Waals surface area contributed by atoms with E-state index in [1.807, 2.05) is 26.8 Å². The zero-order valence-electron chi connectivity index (χ0n) is 18.5. The number of rotatable bonds is 6. The number of aromatic nitrogens is 3. The molecule has 32 heavy (non-hydrogen) atoms. The summed E-state index contributed by atoms with van der Waals surface area (Å²) in [5, 5.41) is 31.7. The van der Waals surface area contributed by atoms with Gasteiger partial charge in [-0.15, -0.1) is 5.10 Å². The minimum atomic E-state index is -3.30. The number of benzene rings is 1. The molecule has 0 spiro atoms. The van der Waals surface area contributed by atoms with E-state index in [2.05, 4.69) is 20.4 Å². The highest BCUT2D eigenvalue weighted by Crippen LogP contribution is 2.35. The molecule has 0 unspecified atom stereocenters. The second kappa shape index (κ2) is 7.90.